The minimum absolute atomic E-state index is 0.0968. The van der Waals surface area contributed by atoms with Gasteiger partial charge >= 0.3 is 5.97 Å². The summed E-state index contributed by atoms with van der Waals surface area (Å²) in [6, 6.07) is -1.03. The molecule has 0 saturated carbocycles. The Bertz CT molecular complexity index is 1510. The molecule has 8 unspecified atom stereocenters. The van der Waals surface area contributed by atoms with E-state index in [1.165, 1.54) is 70.6 Å². The molecule has 0 spiro atoms. The lowest BCUT2D eigenvalue weighted by atomic mass is 9.99. The second-order valence-electron chi connectivity index (χ2n) is 20.0. The fraction of sp³-hybridized carbons (Fsp3) is 0.742. The van der Waals surface area contributed by atoms with E-state index in [-0.39, 0.29) is 19.4 Å². The van der Waals surface area contributed by atoms with Crippen molar-refractivity contribution in [3.8, 4) is 0 Å². The predicted octanol–water partition coefficient (Wildman–Crippen LogP) is 13.4. The molecule has 1 fully saturated rings. The van der Waals surface area contributed by atoms with Gasteiger partial charge in [0.25, 0.3) is 0 Å². The lowest BCUT2D eigenvalue weighted by Gasteiger charge is -2.41. The highest BCUT2D eigenvalue weighted by atomic mass is 16.7. The van der Waals surface area contributed by atoms with Gasteiger partial charge in [0.15, 0.2) is 12.4 Å². The molecule has 6 N–H and O–H groups in total. The van der Waals surface area contributed by atoms with E-state index in [0.29, 0.717) is 12.8 Å². The molecule has 0 aromatic rings. The Labute approximate surface area is 444 Å². The molecule has 1 heterocycles. The number of hydrogen-bond acceptors (Lipinski definition) is 10. The molecule has 0 aromatic heterocycles. The zero-order valence-electron chi connectivity index (χ0n) is 46.2. The number of unbranched alkanes of at least 4 members (excludes halogenated alkanes) is 22. The number of aliphatic hydroxyl groups excluding tert-OH is 5. The first kappa shape index (κ1) is 67.9. The first-order valence-electron chi connectivity index (χ1n) is 29.4. The second kappa shape index (κ2) is 49.7. The Morgan fingerprint density at radius 3 is 1.53 bits per heavy atom. The van der Waals surface area contributed by atoms with E-state index in [1.807, 2.05) is 6.08 Å². The molecular formula is C62H107NO10. The molecule has 73 heavy (non-hydrogen) atoms. The van der Waals surface area contributed by atoms with E-state index in [0.717, 1.165) is 116 Å². The average molecular weight is 1030 g/mol. The molecule has 0 radical (unpaired) electrons. The third-order valence-electron chi connectivity index (χ3n) is 13.3. The number of carbonyl (C=O) groups is 2. The second-order valence-corrected chi connectivity index (χ2v) is 20.0. The Morgan fingerprint density at radius 2 is 1.00 bits per heavy atom. The SMILES string of the molecule is CC/C=C\C/C=C\C/C=C\C/C=C\C/C=C\CCCCCCCC(=O)OC1C(OCC(NC(=O)C(O)CCCCCC/C=C\CCCC)C(O)/C=C/CCCCCCCCCCCCC)OC(CO)C(O)C1O. The lowest BCUT2D eigenvalue weighted by molar-refractivity contribution is -0.305. The number of rotatable bonds is 48. The van der Waals surface area contributed by atoms with Crippen molar-refractivity contribution in [1.29, 1.82) is 0 Å². The third-order valence-corrected chi connectivity index (χ3v) is 13.3. The van der Waals surface area contributed by atoms with Gasteiger partial charge in [-0.25, -0.2) is 0 Å². The van der Waals surface area contributed by atoms with Crippen molar-refractivity contribution in [2.45, 2.75) is 282 Å². The number of carbonyl (C=O) groups excluding carboxylic acids is 2. The highest BCUT2D eigenvalue weighted by Gasteiger charge is 2.47. The molecule has 1 saturated heterocycles. The molecule has 0 aliphatic carbocycles. The first-order valence-corrected chi connectivity index (χ1v) is 29.4. The largest absolute Gasteiger partial charge is 0.454 e. The molecule has 11 heteroatoms. The van der Waals surface area contributed by atoms with E-state index in [4.69, 9.17) is 14.2 Å². The summed E-state index contributed by atoms with van der Waals surface area (Å²) in [5, 5.41) is 56.8. The Kier molecular flexibility index (Phi) is 46.2. The molecule has 1 rings (SSSR count). The zero-order chi connectivity index (χ0) is 53.3. The maximum absolute atomic E-state index is 13.3. The van der Waals surface area contributed by atoms with Crippen molar-refractivity contribution in [3.05, 3.63) is 85.1 Å². The van der Waals surface area contributed by atoms with Gasteiger partial charge in [0.2, 0.25) is 5.91 Å². The Hall–Kier alpha value is -3.16. The van der Waals surface area contributed by atoms with Crippen LogP contribution in [0.4, 0.5) is 0 Å². The number of aliphatic hydroxyl groups is 5. The standard InChI is InChI=1S/C62H107NO10/c1-4-7-10-13-16-19-22-24-25-26-27-28-29-30-31-33-35-38-41-44-47-50-57(67)73-60-59(69)58(68)56(51-64)72-62(60)71-52-53(54(65)48-45-42-39-37-34-32-23-20-17-14-11-8-5-2)63-61(70)55(66)49-46-43-40-36-21-18-15-12-9-6-3/h7,10,15-16,18-19,24-25,27-28,30-31,45,48,53-56,58-60,62,64-66,68-69H,4-6,8-9,11-14,17,20-23,26,29,32-44,46-47,49-52H2,1-3H3,(H,63,70)/b10-7-,18-15-,19-16-,25-24-,28-27-,31-30-,48-45+. The number of esters is 1. The molecule has 1 aliphatic rings. The van der Waals surface area contributed by atoms with E-state index >= 15 is 0 Å². The van der Waals surface area contributed by atoms with Crippen molar-refractivity contribution in [2.24, 2.45) is 0 Å². The van der Waals surface area contributed by atoms with Gasteiger partial charge in [-0.05, 0) is 89.9 Å². The van der Waals surface area contributed by atoms with Gasteiger partial charge in [-0.3, -0.25) is 9.59 Å². The minimum atomic E-state index is -1.63. The molecule has 8 atom stereocenters. The maximum atomic E-state index is 13.3. The van der Waals surface area contributed by atoms with Crippen LogP contribution in [0, 0.1) is 0 Å². The van der Waals surface area contributed by atoms with Crippen molar-refractivity contribution < 1.29 is 49.3 Å². The minimum Gasteiger partial charge on any atom is -0.454 e. The monoisotopic (exact) mass is 1030 g/mol. The number of amides is 1. The van der Waals surface area contributed by atoms with Crippen LogP contribution in [0.2, 0.25) is 0 Å². The van der Waals surface area contributed by atoms with Gasteiger partial charge in [-0.1, -0.05) is 221 Å². The van der Waals surface area contributed by atoms with Crippen molar-refractivity contribution in [2.75, 3.05) is 13.2 Å². The van der Waals surface area contributed by atoms with Crippen molar-refractivity contribution in [3.63, 3.8) is 0 Å². The summed E-state index contributed by atoms with van der Waals surface area (Å²) in [7, 11) is 0. The van der Waals surface area contributed by atoms with Gasteiger partial charge in [-0.2, -0.15) is 0 Å². The molecule has 420 valence electrons. The summed E-state index contributed by atoms with van der Waals surface area (Å²) < 4.78 is 17.6. The quantitative estimate of drug-likeness (QED) is 0.0195. The van der Waals surface area contributed by atoms with E-state index in [2.05, 4.69) is 99.0 Å². The van der Waals surface area contributed by atoms with Crippen LogP contribution in [-0.2, 0) is 23.8 Å². The van der Waals surface area contributed by atoms with Crippen LogP contribution in [0.5, 0.6) is 0 Å². The van der Waals surface area contributed by atoms with Crippen molar-refractivity contribution >= 4 is 11.9 Å². The zero-order valence-corrected chi connectivity index (χ0v) is 46.2. The van der Waals surface area contributed by atoms with Gasteiger partial charge < -0.3 is 45.1 Å². The highest BCUT2D eigenvalue weighted by Crippen LogP contribution is 2.26. The molecule has 11 nitrogen and oxygen atoms in total. The number of allylic oxidation sites excluding steroid dienone is 13. The van der Waals surface area contributed by atoms with Crippen LogP contribution in [0.15, 0.2) is 85.1 Å². The number of ether oxygens (including phenoxy) is 3. The predicted molar refractivity (Wildman–Crippen MR) is 301 cm³/mol. The summed E-state index contributed by atoms with van der Waals surface area (Å²) in [5.74, 6) is -1.23. The van der Waals surface area contributed by atoms with E-state index in [9.17, 15) is 35.1 Å². The van der Waals surface area contributed by atoms with E-state index in [1.54, 1.807) is 6.08 Å². The van der Waals surface area contributed by atoms with Gasteiger partial charge in [0.05, 0.1) is 25.4 Å². The topological polar surface area (TPSA) is 175 Å². The normalized spacial score (nSPS) is 20.0. The fourth-order valence-corrected chi connectivity index (χ4v) is 8.60. The molecule has 1 amide bonds. The molecular weight excluding hydrogens is 919 g/mol. The fourth-order valence-electron chi connectivity index (χ4n) is 8.60. The summed E-state index contributed by atoms with van der Waals surface area (Å²) in [4.78, 5) is 26.4. The number of nitrogens with one attached hydrogen (secondary N) is 1. The van der Waals surface area contributed by atoms with Gasteiger partial charge in [0, 0.05) is 6.42 Å². The first-order chi connectivity index (χ1) is 35.7. The summed E-state index contributed by atoms with van der Waals surface area (Å²) in [5.41, 5.74) is 0. The van der Waals surface area contributed by atoms with Crippen molar-refractivity contribution in [1.82, 2.24) is 5.32 Å². The van der Waals surface area contributed by atoms with Crippen LogP contribution in [0.1, 0.15) is 233 Å². The van der Waals surface area contributed by atoms with E-state index < -0.39 is 67.4 Å². The number of hydrogen-bond donors (Lipinski definition) is 6. The summed E-state index contributed by atoms with van der Waals surface area (Å²) in [6.45, 7) is 5.60. The van der Waals surface area contributed by atoms with Gasteiger partial charge in [0.1, 0.15) is 24.4 Å². The van der Waals surface area contributed by atoms with Crippen LogP contribution in [-0.4, -0.2) is 99.6 Å². The average Bonchev–Trinajstić information content (AvgIpc) is 3.39. The summed E-state index contributed by atoms with van der Waals surface area (Å²) in [6.07, 6.45) is 53.4. The van der Waals surface area contributed by atoms with Crippen LogP contribution in [0.3, 0.4) is 0 Å². The highest BCUT2D eigenvalue weighted by molar-refractivity contribution is 5.80. The van der Waals surface area contributed by atoms with Gasteiger partial charge in [-0.15, -0.1) is 0 Å². The Morgan fingerprint density at radius 1 is 0.548 bits per heavy atom. The maximum Gasteiger partial charge on any atom is 0.306 e. The molecule has 0 aromatic carbocycles. The smallest absolute Gasteiger partial charge is 0.306 e. The Balaban J connectivity index is 2.70. The third kappa shape index (κ3) is 38.1. The molecule has 1 aliphatic heterocycles. The lowest BCUT2D eigenvalue weighted by Crippen LogP contribution is -2.61. The molecule has 0 bridgehead atoms. The summed E-state index contributed by atoms with van der Waals surface area (Å²) >= 11 is 0. The van der Waals surface area contributed by atoms with Crippen LogP contribution in [0.25, 0.3) is 0 Å². The van der Waals surface area contributed by atoms with Crippen LogP contribution < -0.4 is 5.32 Å². The van der Waals surface area contributed by atoms with Crippen LogP contribution >= 0.6 is 0 Å².